The van der Waals surface area contributed by atoms with Gasteiger partial charge < -0.3 is 23.9 Å². The summed E-state index contributed by atoms with van der Waals surface area (Å²) < 4.78 is 21.2. The Bertz CT molecular complexity index is 1560. The predicted octanol–water partition coefficient (Wildman–Crippen LogP) is 4.15. The van der Waals surface area contributed by atoms with E-state index in [0.717, 1.165) is 0 Å². The number of esters is 1. The zero-order valence-electron chi connectivity index (χ0n) is 20.3. The van der Waals surface area contributed by atoms with Crippen molar-refractivity contribution in [3.05, 3.63) is 119 Å². The second kappa shape index (κ2) is 11.6. The van der Waals surface area contributed by atoms with Gasteiger partial charge in [0.2, 0.25) is 12.6 Å². The van der Waals surface area contributed by atoms with Crippen molar-refractivity contribution in [3.8, 4) is 17.2 Å². The fourth-order valence-electron chi connectivity index (χ4n) is 3.56. The molecule has 10 nitrogen and oxygen atoms in total. The molecule has 4 aromatic rings. The van der Waals surface area contributed by atoms with Crippen molar-refractivity contribution >= 4 is 30.1 Å². The van der Waals surface area contributed by atoms with Gasteiger partial charge in [0, 0.05) is 11.1 Å². The van der Waals surface area contributed by atoms with Crippen molar-refractivity contribution in [2.24, 2.45) is 5.10 Å². The topological polar surface area (TPSA) is 128 Å². The van der Waals surface area contributed by atoms with Gasteiger partial charge in [-0.1, -0.05) is 36.4 Å². The maximum atomic E-state index is 13.1. The lowest BCUT2D eigenvalue weighted by Crippen LogP contribution is -2.32. The number of para-hydroxylation sites is 1. The van der Waals surface area contributed by atoms with Crippen LogP contribution in [0.4, 0.5) is 0 Å². The summed E-state index contributed by atoms with van der Waals surface area (Å²) >= 11 is 0. The number of furan rings is 1. The first kappa shape index (κ1) is 25.0. The molecule has 1 aliphatic heterocycles. The summed E-state index contributed by atoms with van der Waals surface area (Å²) in [6, 6.07) is 23.3. The quantitative estimate of drug-likeness (QED) is 0.117. The van der Waals surface area contributed by atoms with E-state index in [9.17, 15) is 14.4 Å². The van der Waals surface area contributed by atoms with Crippen molar-refractivity contribution in [1.29, 1.82) is 0 Å². The van der Waals surface area contributed by atoms with Crippen molar-refractivity contribution < 1.29 is 33.0 Å². The van der Waals surface area contributed by atoms with Gasteiger partial charge in [-0.3, -0.25) is 9.59 Å². The van der Waals surface area contributed by atoms with Gasteiger partial charge >= 0.3 is 5.97 Å². The van der Waals surface area contributed by atoms with Gasteiger partial charge in [0.25, 0.3) is 11.8 Å². The molecule has 2 N–H and O–H groups in total. The number of nitrogens with zero attached hydrogens (tertiary/aromatic N) is 1. The molecule has 1 aliphatic rings. The van der Waals surface area contributed by atoms with E-state index < -0.39 is 17.8 Å². The molecule has 10 heteroatoms. The highest BCUT2D eigenvalue weighted by atomic mass is 16.7. The van der Waals surface area contributed by atoms with E-state index in [4.69, 9.17) is 18.6 Å². The molecule has 1 aromatic heterocycles. The molecule has 0 atom stereocenters. The number of rotatable bonds is 8. The summed E-state index contributed by atoms with van der Waals surface area (Å²) in [5, 5.41) is 6.63. The van der Waals surface area contributed by atoms with Crippen LogP contribution in [0.5, 0.6) is 17.2 Å². The van der Waals surface area contributed by atoms with Crippen molar-refractivity contribution in [1.82, 2.24) is 10.7 Å². The molecule has 0 saturated heterocycles. The highest BCUT2D eigenvalue weighted by Crippen LogP contribution is 2.33. The number of ether oxygens (including phenoxy) is 3. The van der Waals surface area contributed by atoms with Gasteiger partial charge in [-0.2, -0.15) is 5.10 Å². The number of carbonyl (C=O) groups excluding carboxylic acids is 3. The van der Waals surface area contributed by atoms with E-state index in [2.05, 4.69) is 15.8 Å². The lowest BCUT2D eigenvalue weighted by Gasteiger charge is -2.10. The summed E-state index contributed by atoms with van der Waals surface area (Å²) in [7, 11) is 0. The Morgan fingerprint density at radius 3 is 2.49 bits per heavy atom. The minimum Gasteiger partial charge on any atom is -0.457 e. The molecule has 0 unspecified atom stereocenters. The molecule has 5 rings (SSSR count). The second-order valence-electron chi connectivity index (χ2n) is 8.09. The van der Waals surface area contributed by atoms with Crippen LogP contribution >= 0.6 is 0 Å². The highest BCUT2D eigenvalue weighted by Gasteiger charge is 2.17. The molecule has 194 valence electrons. The molecule has 0 bridgehead atoms. The monoisotopic (exact) mass is 523 g/mol. The first-order valence-corrected chi connectivity index (χ1v) is 11.7. The first-order valence-electron chi connectivity index (χ1n) is 11.7. The van der Waals surface area contributed by atoms with Crippen molar-refractivity contribution in [2.45, 2.75) is 0 Å². The average molecular weight is 524 g/mol. The van der Waals surface area contributed by atoms with Gasteiger partial charge in [0.1, 0.15) is 11.4 Å². The molecule has 2 heterocycles. The average Bonchev–Trinajstić information content (AvgIpc) is 3.66. The predicted molar refractivity (Wildman–Crippen MR) is 140 cm³/mol. The van der Waals surface area contributed by atoms with Crippen LogP contribution in [0.15, 0.2) is 106 Å². The maximum absolute atomic E-state index is 13.1. The number of nitrogens with one attached hydrogen (secondary N) is 2. The largest absolute Gasteiger partial charge is 0.457 e. The Labute approximate surface area is 222 Å². The van der Waals surface area contributed by atoms with Crippen LogP contribution in [0.2, 0.25) is 0 Å². The lowest BCUT2D eigenvalue weighted by molar-refractivity contribution is -0.117. The lowest BCUT2D eigenvalue weighted by atomic mass is 10.1. The van der Waals surface area contributed by atoms with Gasteiger partial charge in [-0.15, -0.1) is 0 Å². The van der Waals surface area contributed by atoms with E-state index in [1.165, 1.54) is 24.6 Å². The van der Waals surface area contributed by atoms with Crippen LogP contribution in [-0.2, 0) is 4.79 Å². The van der Waals surface area contributed by atoms with Crippen LogP contribution < -0.4 is 25.0 Å². The number of benzene rings is 3. The Morgan fingerprint density at radius 2 is 1.67 bits per heavy atom. The van der Waals surface area contributed by atoms with Gasteiger partial charge in [-0.05, 0) is 60.2 Å². The molecule has 2 amide bonds. The molecule has 3 aromatic carbocycles. The highest BCUT2D eigenvalue weighted by molar-refractivity contribution is 6.05. The van der Waals surface area contributed by atoms with Crippen LogP contribution in [0.1, 0.15) is 32.0 Å². The number of fused-ring (bicyclic) bond motifs is 1. The van der Waals surface area contributed by atoms with Crippen LogP contribution in [-0.4, -0.2) is 30.8 Å². The standard InChI is InChI=1S/C29H21N3O7/c33-27(20-7-2-1-3-8-20)31-22(15-19-12-13-24-26(16-19)38-18-37-24)28(34)32-30-17-21-9-4-5-10-23(21)39-29(35)25-11-6-14-36-25/h1-17H,18H2,(H,31,33)(H,32,34). The minimum absolute atomic E-state index is 0.0440. The van der Waals surface area contributed by atoms with E-state index in [1.807, 2.05) is 0 Å². The number of hydrogen-bond donors (Lipinski definition) is 2. The number of hydrogen-bond acceptors (Lipinski definition) is 8. The van der Waals surface area contributed by atoms with Gasteiger partial charge in [0.05, 0.1) is 12.5 Å². The summed E-state index contributed by atoms with van der Waals surface area (Å²) in [4.78, 5) is 38.2. The van der Waals surface area contributed by atoms with E-state index in [0.29, 0.717) is 28.2 Å². The van der Waals surface area contributed by atoms with E-state index >= 15 is 0 Å². The summed E-state index contributed by atoms with van der Waals surface area (Å²) in [5.41, 5.74) is 3.73. The first-order chi connectivity index (χ1) is 19.1. The Balaban J connectivity index is 1.34. The molecule has 0 radical (unpaired) electrons. The van der Waals surface area contributed by atoms with E-state index in [-0.39, 0.29) is 24.0 Å². The SMILES string of the molecule is O=C(NN=Cc1ccccc1OC(=O)c1ccco1)C(=Cc1ccc2c(c1)OCO2)NC(=O)c1ccccc1. The maximum Gasteiger partial charge on any atom is 0.379 e. The molecule has 0 aliphatic carbocycles. The number of carbonyl (C=O) groups is 3. The van der Waals surface area contributed by atoms with Crippen molar-refractivity contribution in [2.75, 3.05) is 6.79 Å². The molecular weight excluding hydrogens is 502 g/mol. The van der Waals surface area contributed by atoms with Crippen LogP contribution in [0.3, 0.4) is 0 Å². The molecular formula is C29H21N3O7. The Morgan fingerprint density at radius 1 is 0.872 bits per heavy atom. The smallest absolute Gasteiger partial charge is 0.379 e. The van der Waals surface area contributed by atoms with Crippen LogP contribution in [0.25, 0.3) is 6.08 Å². The number of hydrazone groups is 1. The summed E-state index contributed by atoms with van der Waals surface area (Å²) in [5.74, 6) is -0.468. The van der Waals surface area contributed by atoms with Crippen molar-refractivity contribution in [3.63, 3.8) is 0 Å². The zero-order valence-corrected chi connectivity index (χ0v) is 20.3. The zero-order chi connectivity index (χ0) is 27.0. The third-order valence-corrected chi connectivity index (χ3v) is 5.45. The minimum atomic E-state index is -0.682. The molecule has 39 heavy (non-hydrogen) atoms. The summed E-state index contributed by atoms with van der Waals surface area (Å²) in [6.07, 6.45) is 4.18. The fraction of sp³-hybridized carbons (Fsp3) is 0.0345. The normalized spacial score (nSPS) is 12.3. The molecule has 0 spiro atoms. The second-order valence-corrected chi connectivity index (χ2v) is 8.09. The summed E-state index contributed by atoms with van der Waals surface area (Å²) in [6.45, 7) is 0.105. The van der Waals surface area contributed by atoms with Gasteiger partial charge in [-0.25, -0.2) is 10.2 Å². The Kier molecular flexibility index (Phi) is 7.45. The van der Waals surface area contributed by atoms with Gasteiger partial charge in [0.15, 0.2) is 11.5 Å². The molecule has 0 fully saturated rings. The number of amides is 2. The fourth-order valence-corrected chi connectivity index (χ4v) is 3.56. The third kappa shape index (κ3) is 6.20. The Hall–Kier alpha value is -5.64. The van der Waals surface area contributed by atoms with E-state index in [1.54, 1.807) is 78.9 Å². The third-order valence-electron chi connectivity index (χ3n) is 5.45. The van der Waals surface area contributed by atoms with Crippen LogP contribution in [0, 0.1) is 0 Å². The molecule has 0 saturated carbocycles.